The maximum atomic E-state index is 12.1. The van der Waals surface area contributed by atoms with Gasteiger partial charge in [-0.1, -0.05) is 0 Å². The molecule has 2 aromatic rings. The van der Waals surface area contributed by atoms with E-state index in [1.165, 1.54) is 17.4 Å². The number of nitrogens with zero attached hydrogens (tertiary/aromatic N) is 3. The van der Waals surface area contributed by atoms with E-state index in [1.54, 1.807) is 31.1 Å². The number of carbonyl (C=O) groups excluding carboxylic acids is 1. The van der Waals surface area contributed by atoms with Gasteiger partial charge >= 0.3 is 0 Å². The highest BCUT2D eigenvalue weighted by molar-refractivity contribution is 7.13. The Bertz CT molecular complexity index is 696. The van der Waals surface area contributed by atoms with Gasteiger partial charge in [0.15, 0.2) is 5.13 Å². The van der Waals surface area contributed by atoms with Crippen LogP contribution in [0.1, 0.15) is 16.1 Å². The SMILES string of the molecule is Cc1csc(NC(=O)c2ccc(N(C)C)c([N+](=O)[O-])c2)n1. The van der Waals surface area contributed by atoms with E-state index in [9.17, 15) is 14.9 Å². The summed E-state index contributed by atoms with van der Waals surface area (Å²) in [5.41, 5.74) is 1.37. The summed E-state index contributed by atoms with van der Waals surface area (Å²) < 4.78 is 0. The number of anilines is 2. The van der Waals surface area contributed by atoms with Gasteiger partial charge in [0, 0.05) is 31.1 Å². The first-order chi connectivity index (χ1) is 9.88. The first-order valence-electron chi connectivity index (χ1n) is 6.07. The molecule has 8 heteroatoms. The fourth-order valence-electron chi connectivity index (χ4n) is 1.77. The molecule has 0 fully saturated rings. The van der Waals surface area contributed by atoms with Crippen molar-refractivity contribution in [3.8, 4) is 0 Å². The Morgan fingerprint density at radius 3 is 2.67 bits per heavy atom. The summed E-state index contributed by atoms with van der Waals surface area (Å²) in [5.74, 6) is -0.419. The quantitative estimate of drug-likeness (QED) is 0.693. The Kier molecular flexibility index (Phi) is 4.18. The number of rotatable bonds is 4. The monoisotopic (exact) mass is 306 g/mol. The Balaban J connectivity index is 2.29. The minimum absolute atomic E-state index is 0.108. The summed E-state index contributed by atoms with van der Waals surface area (Å²) in [5, 5.41) is 16.0. The first-order valence-corrected chi connectivity index (χ1v) is 6.95. The van der Waals surface area contributed by atoms with Crippen LogP contribution in [0.4, 0.5) is 16.5 Å². The molecule has 0 saturated carbocycles. The predicted molar refractivity (Wildman–Crippen MR) is 82.2 cm³/mol. The van der Waals surface area contributed by atoms with Crippen LogP contribution in [-0.4, -0.2) is 29.9 Å². The van der Waals surface area contributed by atoms with Crippen molar-refractivity contribution in [1.29, 1.82) is 0 Å². The fourth-order valence-corrected chi connectivity index (χ4v) is 2.45. The molecule has 1 heterocycles. The van der Waals surface area contributed by atoms with Crippen LogP contribution in [0.2, 0.25) is 0 Å². The van der Waals surface area contributed by atoms with Gasteiger partial charge in [-0.15, -0.1) is 11.3 Å². The number of carbonyl (C=O) groups is 1. The van der Waals surface area contributed by atoms with Crippen LogP contribution in [0.15, 0.2) is 23.6 Å². The smallest absolute Gasteiger partial charge is 0.293 e. The predicted octanol–water partition coefficient (Wildman–Crippen LogP) is 2.68. The van der Waals surface area contributed by atoms with Crippen LogP contribution in [-0.2, 0) is 0 Å². The number of benzene rings is 1. The van der Waals surface area contributed by atoms with Crippen LogP contribution in [0.25, 0.3) is 0 Å². The minimum atomic E-state index is -0.500. The van der Waals surface area contributed by atoms with Crippen molar-refractivity contribution in [1.82, 2.24) is 4.98 Å². The highest BCUT2D eigenvalue weighted by Crippen LogP contribution is 2.28. The summed E-state index contributed by atoms with van der Waals surface area (Å²) >= 11 is 1.31. The molecule has 0 spiro atoms. The molecule has 110 valence electrons. The molecule has 1 amide bonds. The molecule has 0 radical (unpaired) electrons. The summed E-state index contributed by atoms with van der Waals surface area (Å²) in [6, 6.07) is 4.38. The molecule has 0 bridgehead atoms. The van der Waals surface area contributed by atoms with E-state index in [1.807, 2.05) is 12.3 Å². The van der Waals surface area contributed by atoms with Crippen molar-refractivity contribution in [3.05, 3.63) is 45.0 Å². The molecule has 0 saturated heterocycles. The zero-order chi connectivity index (χ0) is 15.6. The summed E-state index contributed by atoms with van der Waals surface area (Å²) in [4.78, 5) is 28.5. The van der Waals surface area contributed by atoms with Gasteiger partial charge in [-0.05, 0) is 19.1 Å². The number of nitro groups is 1. The second-order valence-corrected chi connectivity index (χ2v) is 5.46. The van der Waals surface area contributed by atoms with Crippen molar-refractivity contribution < 1.29 is 9.72 Å². The lowest BCUT2D eigenvalue weighted by molar-refractivity contribution is -0.384. The van der Waals surface area contributed by atoms with Gasteiger partial charge < -0.3 is 4.90 Å². The van der Waals surface area contributed by atoms with E-state index >= 15 is 0 Å². The van der Waals surface area contributed by atoms with Crippen LogP contribution >= 0.6 is 11.3 Å². The third-order valence-electron chi connectivity index (χ3n) is 2.76. The van der Waals surface area contributed by atoms with E-state index in [4.69, 9.17) is 0 Å². The van der Waals surface area contributed by atoms with Gasteiger partial charge in [-0.3, -0.25) is 20.2 Å². The molecule has 0 aliphatic heterocycles. The Morgan fingerprint density at radius 2 is 2.14 bits per heavy atom. The molecule has 0 atom stereocenters. The van der Waals surface area contributed by atoms with E-state index in [-0.39, 0.29) is 11.3 Å². The average molecular weight is 306 g/mol. The number of nitrogens with one attached hydrogen (secondary N) is 1. The maximum Gasteiger partial charge on any atom is 0.293 e. The highest BCUT2D eigenvalue weighted by atomic mass is 32.1. The van der Waals surface area contributed by atoms with E-state index in [2.05, 4.69) is 10.3 Å². The van der Waals surface area contributed by atoms with Crippen LogP contribution in [0, 0.1) is 17.0 Å². The molecule has 21 heavy (non-hydrogen) atoms. The molecular weight excluding hydrogens is 292 g/mol. The normalized spacial score (nSPS) is 10.2. The zero-order valence-corrected chi connectivity index (χ0v) is 12.6. The standard InChI is InChI=1S/C13H14N4O3S/c1-8-7-21-13(14-8)15-12(18)9-4-5-10(16(2)3)11(6-9)17(19)20/h4-7H,1-3H3,(H,14,15,18). The Morgan fingerprint density at radius 1 is 1.43 bits per heavy atom. The van der Waals surface area contributed by atoms with Gasteiger partial charge in [-0.25, -0.2) is 4.98 Å². The second kappa shape index (κ2) is 5.88. The van der Waals surface area contributed by atoms with Gasteiger partial charge in [0.1, 0.15) is 5.69 Å². The lowest BCUT2D eigenvalue weighted by atomic mass is 10.1. The fraction of sp³-hybridized carbons (Fsp3) is 0.231. The van der Waals surface area contributed by atoms with Crippen molar-refractivity contribution in [2.24, 2.45) is 0 Å². The van der Waals surface area contributed by atoms with E-state index in [0.29, 0.717) is 10.8 Å². The summed E-state index contributed by atoms with van der Waals surface area (Å²) in [6.45, 7) is 1.82. The highest BCUT2D eigenvalue weighted by Gasteiger charge is 2.19. The number of thiazole rings is 1. The second-order valence-electron chi connectivity index (χ2n) is 4.60. The number of aryl methyl sites for hydroxylation is 1. The number of aromatic nitrogens is 1. The largest absolute Gasteiger partial charge is 0.372 e. The molecule has 0 aliphatic rings. The van der Waals surface area contributed by atoms with Gasteiger partial charge in [0.05, 0.1) is 10.6 Å². The Hall–Kier alpha value is -2.48. The molecule has 1 aromatic heterocycles. The van der Waals surface area contributed by atoms with Gasteiger partial charge in [-0.2, -0.15) is 0 Å². The molecule has 7 nitrogen and oxygen atoms in total. The zero-order valence-electron chi connectivity index (χ0n) is 11.8. The molecule has 0 unspecified atom stereocenters. The molecule has 1 aromatic carbocycles. The maximum absolute atomic E-state index is 12.1. The molecule has 2 rings (SSSR count). The van der Waals surface area contributed by atoms with Crippen molar-refractivity contribution >= 4 is 33.8 Å². The third-order valence-corrected chi connectivity index (χ3v) is 3.63. The number of amides is 1. The van der Waals surface area contributed by atoms with Crippen LogP contribution in [0.3, 0.4) is 0 Å². The molecule has 0 aliphatic carbocycles. The van der Waals surface area contributed by atoms with Crippen molar-refractivity contribution in [2.75, 3.05) is 24.3 Å². The van der Waals surface area contributed by atoms with Crippen molar-refractivity contribution in [3.63, 3.8) is 0 Å². The first kappa shape index (κ1) is 14.9. The lowest BCUT2D eigenvalue weighted by Crippen LogP contribution is -2.14. The van der Waals surface area contributed by atoms with Crippen LogP contribution < -0.4 is 10.2 Å². The van der Waals surface area contributed by atoms with Gasteiger partial charge in [0.2, 0.25) is 0 Å². The summed E-state index contributed by atoms with van der Waals surface area (Å²) in [7, 11) is 3.42. The van der Waals surface area contributed by atoms with E-state index < -0.39 is 10.8 Å². The number of hydrogen-bond acceptors (Lipinski definition) is 6. The van der Waals surface area contributed by atoms with Crippen LogP contribution in [0.5, 0.6) is 0 Å². The topological polar surface area (TPSA) is 88.4 Å². The van der Waals surface area contributed by atoms with Gasteiger partial charge in [0.25, 0.3) is 11.6 Å². The average Bonchev–Trinajstić information content (AvgIpc) is 2.83. The minimum Gasteiger partial charge on any atom is -0.372 e. The number of hydrogen-bond donors (Lipinski definition) is 1. The third kappa shape index (κ3) is 3.34. The summed E-state index contributed by atoms with van der Waals surface area (Å²) in [6.07, 6.45) is 0. The molecular formula is C13H14N4O3S. The van der Waals surface area contributed by atoms with E-state index in [0.717, 1.165) is 5.69 Å². The number of nitro benzene ring substituents is 1. The van der Waals surface area contributed by atoms with Crippen molar-refractivity contribution in [2.45, 2.75) is 6.92 Å². The molecule has 1 N–H and O–H groups in total. The lowest BCUT2D eigenvalue weighted by Gasteiger charge is -2.13. The Labute approximate surface area is 125 Å².